The molecular formula is C9H18Cl2O5. The Balaban J connectivity index is 3.58. The average molecular weight is 277 g/mol. The minimum Gasteiger partial charge on any atom is -0.394 e. The van der Waals surface area contributed by atoms with Gasteiger partial charge >= 0.3 is 0 Å². The fourth-order valence-corrected chi connectivity index (χ4v) is 1.00. The van der Waals surface area contributed by atoms with Crippen LogP contribution in [-0.4, -0.2) is 71.8 Å². The molecule has 0 radical (unpaired) electrons. The normalized spacial score (nSPS) is 17.1. The Morgan fingerprint density at radius 1 is 0.938 bits per heavy atom. The molecule has 3 unspecified atom stereocenters. The third-order valence-electron chi connectivity index (χ3n) is 1.70. The van der Waals surface area contributed by atoms with Gasteiger partial charge in [0.25, 0.3) is 0 Å². The number of aliphatic hydroxyl groups excluding tert-OH is 3. The highest BCUT2D eigenvalue weighted by Gasteiger charge is 2.12. The van der Waals surface area contributed by atoms with E-state index in [1.54, 1.807) is 0 Å². The van der Waals surface area contributed by atoms with E-state index in [4.69, 9.17) is 48.0 Å². The molecule has 0 spiro atoms. The summed E-state index contributed by atoms with van der Waals surface area (Å²) in [4.78, 5) is 0. The van der Waals surface area contributed by atoms with E-state index in [1.165, 1.54) is 0 Å². The predicted molar refractivity (Wildman–Crippen MR) is 61.1 cm³/mol. The number of alkyl halides is 2. The van der Waals surface area contributed by atoms with Gasteiger partial charge in [0, 0.05) is 0 Å². The number of hydrogen-bond acceptors (Lipinski definition) is 5. The van der Waals surface area contributed by atoms with Crippen molar-refractivity contribution in [3.63, 3.8) is 0 Å². The van der Waals surface area contributed by atoms with Gasteiger partial charge in [-0.15, -0.1) is 23.2 Å². The van der Waals surface area contributed by atoms with Crippen LogP contribution in [0.5, 0.6) is 0 Å². The Hall–Kier alpha value is 0.380. The van der Waals surface area contributed by atoms with Crippen LogP contribution in [-0.2, 0) is 9.47 Å². The molecule has 0 aliphatic rings. The molecule has 16 heavy (non-hydrogen) atoms. The van der Waals surface area contributed by atoms with E-state index in [0.29, 0.717) is 0 Å². The van der Waals surface area contributed by atoms with Crippen molar-refractivity contribution in [3.05, 3.63) is 0 Å². The average Bonchev–Trinajstić information content (AvgIpc) is 2.32. The van der Waals surface area contributed by atoms with E-state index in [-0.39, 0.29) is 38.2 Å². The molecule has 0 aromatic heterocycles. The molecule has 3 atom stereocenters. The Labute approximate surface area is 105 Å². The first-order valence-corrected chi connectivity index (χ1v) is 5.99. The van der Waals surface area contributed by atoms with Crippen LogP contribution in [0.15, 0.2) is 0 Å². The minimum atomic E-state index is -0.760. The van der Waals surface area contributed by atoms with E-state index in [0.717, 1.165) is 0 Å². The topological polar surface area (TPSA) is 79.2 Å². The summed E-state index contributed by atoms with van der Waals surface area (Å²) in [6.45, 7) is 0.0169. The predicted octanol–water partition coefficient (Wildman–Crippen LogP) is -0.420. The number of hydrogen-bond donors (Lipinski definition) is 3. The van der Waals surface area contributed by atoms with Gasteiger partial charge in [-0.2, -0.15) is 0 Å². The van der Waals surface area contributed by atoms with Gasteiger partial charge in [-0.1, -0.05) is 0 Å². The molecule has 0 saturated carbocycles. The van der Waals surface area contributed by atoms with Crippen molar-refractivity contribution in [3.8, 4) is 0 Å². The lowest BCUT2D eigenvalue weighted by Gasteiger charge is -2.18. The van der Waals surface area contributed by atoms with E-state index >= 15 is 0 Å². The summed E-state index contributed by atoms with van der Waals surface area (Å²) in [5.74, 6) is 0.166. The molecule has 0 amide bonds. The third-order valence-corrected chi connectivity index (χ3v) is 2.41. The maximum atomic E-state index is 9.12. The van der Waals surface area contributed by atoms with Gasteiger partial charge in [-0.25, -0.2) is 0 Å². The summed E-state index contributed by atoms with van der Waals surface area (Å²) in [6.07, 6.45) is -2.03. The molecule has 0 bridgehead atoms. The summed E-state index contributed by atoms with van der Waals surface area (Å²) >= 11 is 10.7. The Kier molecular flexibility index (Phi) is 10.8. The monoisotopic (exact) mass is 276 g/mol. The highest BCUT2D eigenvalue weighted by molar-refractivity contribution is 6.18. The van der Waals surface area contributed by atoms with Crippen LogP contribution in [0, 0.1) is 0 Å². The molecule has 3 N–H and O–H groups in total. The van der Waals surface area contributed by atoms with Crippen molar-refractivity contribution in [2.75, 3.05) is 38.2 Å². The first-order chi connectivity index (χ1) is 7.63. The molecule has 0 aromatic carbocycles. The van der Waals surface area contributed by atoms with Crippen molar-refractivity contribution in [1.29, 1.82) is 0 Å². The van der Waals surface area contributed by atoms with Crippen LogP contribution >= 0.6 is 23.2 Å². The van der Waals surface area contributed by atoms with Gasteiger partial charge in [0.05, 0.1) is 50.4 Å². The lowest BCUT2D eigenvalue weighted by molar-refractivity contribution is -0.0736. The van der Waals surface area contributed by atoms with Crippen LogP contribution in [0.3, 0.4) is 0 Å². The van der Waals surface area contributed by atoms with Crippen molar-refractivity contribution < 1.29 is 24.8 Å². The Morgan fingerprint density at radius 3 is 2.00 bits per heavy atom. The van der Waals surface area contributed by atoms with Crippen molar-refractivity contribution in [2.24, 2.45) is 0 Å². The molecule has 0 heterocycles. The molecule has 0 aliphatic carbocycles. The summed E-state index contributed by atoms with van der Waals surface area (Å²) in [7, 11) is 0. The molecule has 7 heteroatoms. The van der Waals surface area contributed by atoms with Gasteiger partial charge < -0.3 is 24.8 Å². The zero-order valence-electron chi connectivity index (χ0n) is 8.89. The smallest absolute Gasteiger partial charge is 0.104 e. The lowest BCUT2D eigenvalue weighted by atomic mass is 10.3. The number of halogens is 2. The molecule has 0 saturated heterocycles. The molecule has 0 aromatic rings. The fourth-order valence-electron chi connectivity index (χ4n) is 0.825. The van der Waals surface area contributed by atoms with Crippen LogP contribution in [0.2, 0.25) is 0 Å². The quantitative estimate of drug-likeness (QED) is 0.473. The van der Waals surface area contributed by atoms with Crippen LogP contribution in [0.25, 0.3) is 0 Å². The van der Waals surface area contributed by atoms with Crippen LogP contribution < -0.4 is 0 Å². The van der Waals surface area contributed by atoms with Gasteiger partial charge in [-0.05, 0) is 0 Å². The summed E-state index contributed by atoms with van der Waals surface area (Å²) in [5, 5.41) is 27.1. The third kappa shape index (κ3) is 8.52. The fraction of sp³-hybridized carbons (Fsp3) is 1.00. The van der Waals surface area contributed by atoms with Crippen LogP contribution in [0.4, 0.5) is 0 Å². The van der Waals surface area contributed by atoms with E-state index in [2.05, 4.69) is 0 Å². The molecule has 5 nitrogen and oxygen atoms in total. The maximum absolute atomic E-state index is 9.12. The van der Waals surface area contributed by atoms with Crippen molar-refractivity contribution in [2.45, 2.75) is 18.3 Å². The molecule has 0 aliphatic heterocycles. The molecule has 0 rings (SSSR count). The second-order valence-corrected chi connectivity index (χ2v) is 3.91. The molecular weight excluding hydrogens is 259 g/mol. The minimum absolute atomic E-state index is 0.0378. The first-order valence-electron chi connectivity index (χ1n) is 4.92. The maximum Gasteiger partial charge on any atom is 0.104 e. The highest BCUT2D eigenvalue weighted by Crippen LogP contribution is 1.98. The number of aliphatic hydroxyl groups is 3. The summed E-state index contributed by atoms with van der Waals surface area (Å²) in [6, 6.07) is 0. The second kappa shape index (κ2) is 10.5. The van der Waals surface area contributed by atoms with Gasteiger partial charge in [0.15, 0.2) is 0 Å². The Morgan fingerprint density at radius 2 is 1.50 bits per heavy atom. The molecule has 0 fully saturated rings. The van der Waals surface area contributed by atoms with Crippen molar-refractivity contribution in [1.82, 2.24) is 0 Å². The van der Waals surface area contributed by atoms with Gasteiger partial charge in [0.1, 0.15) is 6.10 Å². The largest absolute Gasteiger partial charge is 0.394 e. The van der Waals surface area contributed by atoms with Gasteiger partial charge in [-0.3, -0.25) is 0 Å². The Bertz CT molecular complexity index is 161. The molecule has 98 valence electrons. The van der Waals surface area contributed by atoms with E-state index in [9.17, 15) is 0 Å². The second-order valence-electron chi connectivity index (χ2n) is 3.29. The van der Waals surface area contributed by atoms with Crippen LogP contribution in [0.1, 0.15) is 0 Å². The lowest BCUT2D eigenvalue weighted by Crippen LogP contribution is -2.30. The van der Waals surface area contributed by atoms with E-state index in [1.807, 2.05) is 0 Å². The summed E-state index contributed by atoms with van der Waals surface area (Å²) in [5.41, 5.74) is 0. The van der Waals surface area contributed by atoms with Gasteiger partial charge in [0.2, 0.25) is 0 Å². The number of ether oxygens (including phenoxy) is 2. The zero-order chi connectivity index (χ0) is 12.4. The van der Waals surface area contributed by atoms with Crippen molar-refractivity contribution >= 4 is 23.2 Å². The van der Waals surface area contributed by atoms with E-state index < -0.39 is 18.3 Å². The number of rotatable bonds is 10. The summed E-state index contributed by atoms with van der Waals surface area (Å²) < 4.78 is 10.2. The first kappa shape index (κ1) is 16.4. The highest BCUT2D eigenvalue weighted by atomic mass is 35.5. The standard InChI is InChI=1S/C9H18Cl2O5/c10-1-7(13)4-15-6-9(3-12)16-5-8(14)2-11/h7-9,12-14H,1-6H2. The SMILES string of the molecule is OCC(COCC(O)CCl)OCC(O)CCl. The zero-order valence-corrected chi connectivity index (χ0v) is 10.4.